The lowest BCUT2D eigenvalue weighted by Gasteiger charge is -2.46. The average molecular weight is 601 g/mol. The van der Waals surface area contributed by atoms with Gasteiger partial charge in [0.1, 0.15) is 11.6 Å². The van der Waals surface area contributed by atoms with Crippen LogP contribution in [0.25, 0.3) is 0 Å². The molecule has 208 valence electrons. The molecule has 3 aromatic rings. The maximum absolute atomic E-state index is 14.1. The summed E-state index contributed by atoms with van der Waals surface area (Å²) in [7, 11) is 0. The number of nitrogens with zero attached hydrogens (tertiary/aromatic N) is 5. The van der Waals surface area contributed by atoms with Gasteiger partial charge in [-0.15, -0.1) is 5.10 Å². The summed E-state index contributed by atoms with van der Waals surface area (Å²) < 4.78 is 29.9. The molecule has 5 rings (SSSR count). The van der Waals surface area contributed by atoms with Crippen LogP contribution in [0.15, 0.2) is 53.1 Å². The monoisotopic (exact) mass is 599 g/mol. The molecular weight excluding hydrogens is 564 g/mol. The highest BCUT2D eigenvalue weighted by Crippen LogP contribution is 2.40. The Balaban J connectivity index is 1.26. The van der Waals surface area contributed by atoms with E-state index in [4.69, 9.17) is 0 Å². The molecule has 1 aliphatic carbocycles. The van der Waals surface area contributed by atoms with Gasteiger partial charge in [0.05, 0.1) is 24.4 Å². The molecule has 9 heteroatoms. The fraction of sp³-hybridized carbons (Fsp3) is 0.500. The molecule has 3 atom stereocenters. The first-order valence-electron chi connectivity index (χ1n) is 13.9. The number of aromatic nitrogens is 3. The van der Waals surface area contributed by atoms with E-state index in [1.54, 1.807) is 4.68 Å². The molecule has 6 nitrogen and oxygen atoms in total. The lowest BCUT2D eigenvalue weighted by atomic mass is 9.76. The summed E-state index contributed by atoms with van der Waals surface area (Å²) in [4.78, 5) is 18.6. The second kappa shape index (κ2) is 12.3. The van der Waals surface area contributed by atoms with E-state index in [2.05, 4.69) is 56.0 Å². The van der Waals surface area contributed by atoms with E-state index in [0.717, 1.165) is 34.6 Å². The topological polar surface area (TPSA) is 54.3 Å². The van der Waals surface area contributed by atoms with Crippen molar-refractivity contribution >= 4 is 21.8 Å². The van der Waals surface area contributed by atoms with Crippen molar-refractivity contribution in [2.45, 2.75) is 77.0 Å². The summed E-state index contributed by atoms with van der Waals surface area (Å²) in [5.74, 6) is -0.714. The summed E-state index contributed by atoms with van der Waals surface area (Å²) in [6.07, 6.45) is 7.64. The minimum Gasteiger partial charge on any atom is -0.339 e. The number of benzene rings is 2. The Labute approximate surface area is 237 Å². The second-order valence-electron chi connectivity index (χ2n) is 11.2. The van der Waals surface area contributed by atoms with E-state index >= 15 is 0 Å². The molecule has 1 saturated heterocycles. The SMILES string of the molecule is C[C@@H]1CN(C(=O)C(c2ccccc2Br)C2CCCCC2)C[C@H](C)N1Cc1cn(Cc2ccc(F)cc2F)nn1. The normalized spacial score (nSPS) is 21.7. The maximum Gasteiger partial charge on any atom is 0.230 e. The third-order valence-corrected chi connectivity index (χ3v) is 9.04. The van der Waals surface area contributed by atoms with Gasteiger partial charge in [-0.25, -0.2) is 13.5 Å². The summed E-state index contributed by atoms with van der Waals surface area (Å²) in [5, 5.41) is 8.47. The van der Waals surface area contributed by atoms with Crippen molar-refractivity contribution in [3.05, 3.63) is 81.6 Å². The number of hydrogen-bond donors (Lipinski definition) is 0. The van der Waals surface area contributed by atoms with Crippen LogP contribution in [0.1, 0.15) is 68.7 Å². The van der Waals surface area contributed by atoms with Crippen LogP contribution in [0.3, 0.4) is 0 Å². The van der Waals surface area contributed by atoms with E-state index in [9.17, 15) is 13.6 Å². The molecule has 0 spiro atoms. The summed E-state index contributed by atoms with van der Waals surface area (Å²) in [5.41, 5.74) is 2.25. The molecule has 2 heterocycles. The zero-order chi connectivity index (χ0) is 27.5. The molecule has 1 saturated carbocycles. The summed E-state index contributed by atoms with van der Waals surface area (Å²) >= 11 is 3.72. The van der Waals surface area contributed by atoms with Crippen molar-refractivity contribution in [2.75, 3.05) is 13.1 Å². The van der Waals surface area contributed by atoms with Crippen molar-refractivity contribution in [3.63, 3.8) is 0 Å². The zero-order valence-electron chi connectivity index (χ0n) is 22.6. The average Bonchev–Trinajstić information content (AvgIpc) is 3.36. The van der Waals surface area contributed by atoms with Gasteiger partial charge in [0.15, 0.2) is 0 Å². The van der Waals surface area contributed by atoms with Crippen molar-refractivity contribution < 1.29 is 13.6 Å². The van der Waals surface area contributed by atoms with Crippen LogP contribution >= 0.6 is 15.9 Å². The van der Waals surface area contributed by atoms with Gasteiger partial charge in [0, 0.05) is 47.8 Å². The third-order valence-electron chi connectivity index (χ3n) is 8.32. The lowest BCUT2D eigenvalue weighted by Crippen LogP contribution is -2.58. The van der Waals surface area contributed by atoms with E-state index in [1.165, 1.54) is 31.4 Å². The molecule has 39 heavy (non-hydrogen) atoms. The number of carbonyl (C=O) groups is 1. The number of carbonyl (C=O) groups excluding carboxylic acids is 1. The minimum atomic E-state index is -0.599. The number of hydrogen-bond acceptors (Lipinski definition) is 4. The molecule has 1 aliphatic heterocycles. The van der Waals surface area contributed by atoms with Gasteiger partial charge in [-0.3, -0.25) is 9.69 Å². The molecule has 2 aliphatic rings. The van der Waals surface area contributed by atoms with Crippen molar-refractivity contribution in [1.29, 1.82) is 0 Å². The van der Waals surface area contributed by atoms with E-state index < -0.39 is 11.6 Å². The van der Waals surface area contributed by atoms with Gasteiger partial charge in [-0.05, 0) is 50.3 Å². The van der Waals surface area contributed by atoms with Gasteiger partial charge >= 0.3 is 0 Å². The predicted octanol–water partition coefficient (Wildman–Crippen LogP) is 6.15. The molecule has 1 unspecified atom stereocenters. The first kappa shape index (κ1) is 27.9. The fourth-order valence-electron chi connectivity index (χ4n) is 6.33. The van der Waals surface area contributed by atoms with Crippen LogP contribution in [0.2, 0.25) is 0 Å². The Kier molecular flexibility index (Phi) is 8.76. The van der Waals surface area contributed by atoms with Crippen molar-refractivity contribution in [3.8, 4) is 0 Å². The molecule has 1 amide bonds. The van der Waals surface area contributed by atoms with Crippen molar-refractivity contribution in [2.24, 2.45) is 5.92 Å². The Bertz CT molecular complexity index is 1280. The highest BCUT2D eigenvalue weighted by Gasteiger charge is 2.39. The standard InChI is InChI=1S/C30H36BrF2N5O/c1-20-15-36(30(39)29(22-8-4-3-5-9-22)26-10-6-7-11-27(26)31)16-21(2)38(20)19-25-18-37(35-34-25)17-23-12-13-24(32)14-28(23)33/h6-7,10-14,18,20-22,29H,3-5,8-9,15-17,19H2,1-2H3/t20-,21+,29?. The fourth-order valence-corrected chi connectivity index (χ4v) is 6.86. The van der Waals surface area contributed by atoms with Gasteiger partial charge in [0.25, 0.3) is 0 Å². The first-order chi connectivity index (χ1) is 18.8. The van der Waals surface area contributed by atoms with Crippen LogP contribution in [0.4, 0.5) is 8.78 Å². The Morgan fingerprint density at radius 2 is 1.74 bits per heavy atom. The van der Waals surface area contributed by atoms with Gasteiger partial charge < -0.3 is 4.90 Å². The first-order valence-corrected chi connectivity index (χ1v) is 14.7. The van der Waals surface area contributed by atoms with Crippen molar-refractivity contribution in [1.82, 2.24) is 24.8 Å². The van der Waals surface area contributed by atoms with Crippen LogP contribution in [0, 0.1) is 17.6 Å². The highest BCUT2D eigenvalue weighted by molar-refractivity contribution is 9.10. The van der Waals surface area contributed by atoms with Gasteiger partial charge in [-0.1, -0.05) is 64.7 Å². The van der Waals surface area contributed by atoms with Crippen LogP contribution in [-0.4, -0.2) is 55.9 Å². The molecule has 0 bridgehead atoms. The number of amides is 1. The molecule has 0 radical (unpaired) electrons. The molecule has 0 N–H and O–H groups in total. The second-order valence-corrected chi connectivity index (χ2v) is 12.0. The Hall–Kier alpha value is -2.65. The van der Waals surface area contributed by atoms with E-state index in [1.807, 2.05) is 24.4 Å². The Morgan fingerprint density at radius 3 is 2.44 bits per heavy atom. The highest BCUT2D eigenvalue weighted by atomic mass is 79.9. The molecule has 2 aromatic carbocycles. The minimum absolute atomic E-state index is 0.126. The quantitative estimate of drug-likeness (QED) is 0.327. The van der Waals surface area contributed by atoms with Gasteiger partial charge in [0.2, 0.25) is 5.91 Å². The predicted molar refractivity (Wildman–Crippen MR) is 150 cm³/mol. The molecule has 1 aromatic heterocycles. The van der Waals surface area contributed by atoms with Crippen LogP contribution in [-0.2, 0) is 17.9 Å². The number of piperazine rings is 1. The smallest absolute Gasteiger partial charge is 0.230 e. The third kappa shape index (κ3) is 6.40. The number of rotatable bonds is 7. The van der Waals surface area contributed by atoms with E-state index in [-0.39, 0.29) is 30.5 Å². The molecule has 2 fully saturated rings. The lowest BCUT2D eigenvalue weighted by molar-refractivity contribution is -0.139. The van der Waals surface area contributed by atoms with Crippen LogP contribution in [0.5, 0.6) is 0 Å². The summed E-state index contributed by atoms with van der Waals surface area (Å²) in [6, 6.07) is 12.0. The summed E-state index contributed by atoms with van der Waals surface area (Å²) in [6.45, 7) is 6.40. The van der Waals surface area contributed by atoms with Crippen LogP contribution < -0.4 is 0 Å². The number of halogens is 3. The zero-order valence-corrected chi connectivity index (χ0v) is 24.2. The largest absolute Gasteiger partial charge is 0.339 e. The molecular formula is C30H36BrF2N5O. The van der Waals surface area contributed by atoms with Gasteiger partial charge in [-0.2, -0.15) is 0 Å². The van der Waals surface area contributed by atoms with E-state index in [0.29, 0.717) is 31.1 Å². The Morgan fingerprint density at radius 1 is 1.03 bits per heavy atom. The maximum atomic E-state index is 14.1.